The molecule has 1 aliphatic heterocycles. The molecular formula is C10H17N3S. The molecule has 3 nitrogen and oxygen atoms in total. The number of hydrogen-bond donors (Lipinski definition) is 1. The molecule has 0 aliphatic carbocycles. The van der Waals surface area contributed by atoms with E-state index in [1.807, 2.05) is 24.1 Å². The molecule has 0 amide bonds. The Balaban J connectivity index is 1.76. The first-order chi connectivity index (χ1) is 6.84. The summed E-state index contributed by atoms with van der Waals surface area (Å²) in [5.41, 5.74) is 1.14. The summed E-state index contributed by atoms with van der Waals surface area (Å²) < 4.78 is 1.83. The zero-order valence-corrected chi connectivity index (χ0v) is 9.39. The Morgan fingerprint density at radius 1 is 1.71 bits per heavy atom. The second kappa shape index (κ2) is 4.73. The number of nitrogens with zero attached hydrogens (tertiary/aromatic N) is 2. The minimum atomic E-state index is 0.842. The van der Waals surface area contributed by atoms with Gasteiger partial charge in [0.05, 0.1) is 11.9 Å². The van der Waals surface area contributed by atoms with Gasteiger partial charge in [0, 0.05) is 19.8 Å². The number of anilines is 1. The van der Waals surface area contributed by atoms with Crippen molar-refractivity contribution in [3.63, 3.8) is 0 Å². The van der Waals surface area contributed by atoms with Gasteiger partial charge in [-0.2, -0.15) is 16.9 Å². The third kappa shape index (κ3) is 2.67. The molecular weight excluding hydrogens is 194 g/mol. The molecule has 1 fully saturated rings. The average molecular weight is 211 g/mol. The fourth-order valence-electron chi connectivity index (χ4n) is 1.74. The topological polar surface area (TPSA) is 29.9 Å². The van der Waals surface area contributed by atoms with Crippen molar-refractivity contribution in [1.82, 2.24) is 9.78 Å². The van der Waals surface area contributed by atoms with E-state index in [0.717, 1.165) is 18.2 Å². The molecule has 1 aromatic rings. The Hall–Kier alpha value is -0.640. The molecule has 1 saturated heterocycles. The molecule has 0 bridgehead atoms. The molecule has 2 heterocycles. The molecule has 0 spiro atoms. The van der Waals surface area contributed by atoms with Crippen LogP contribution in [-0.4, -0.2) is 27.8 Å². The van der Waals surface area contributed by atoms with Gasteiger partial charge in [0.2, 0.25) is 0 Å². The molecule has 1 atom stereocenters. The minimum Gasteiger partial charge on any atom is -0.382 e. The van der Waals surface area contributed by atoms with Gasteiger partial charge in [0.1, 0.15) is 0 Å². The summed E-state index contributed by atoms with van der Waals surface area (Å²) in [6, 6.07) is 0. The Morgan fingerprint density at radius 3 is 3.29 bits per heavy atom. The van der Waals surface area contributed by atoms with E-state index in [1.165, 1.54) is 24.3 Å². The molecule has 0 aromatic carbocycles. The Morgan fingerprint density at radius 2 is 2.64 bits per heavy atom. The summed E-state index contributed by atoms with van der Waals surface area (Å²) in [6.07, 6.45) is 6.66. The number of hydrogen-bond acceptors (Lipinski definition) is 3. The van der Waals surface area contributed by atoms with Crippen LogP contribution in [0.15, 0.2) is 12.4 Å². The number of aryl methyl sites for hydroxylation is 1. The third-order valence-corrected chi connectivity index (χ3v) is 3.84. The average Bonchev–Trinajstić information content (AvgIpc) is 2.63. The summed E-state index contributed by atoms with van der Waals surface area (Å²) >= 11 is 2.08. The van der Waals surface area contributed by atoms with E-state index >= 15 is 0 Å². The molecule has 4 heteroatoms. The fraction of sp³-hybridized carbons (Fsp3) is 0.700. The molecule has 14 heavy (non-hydrogen) atoms. The lowest BCUT2D eigenvalue weighted by atomic mass is 10.1. The lowest BCUT2D eigenvalue weighted by Gasteiger charge is -2.21. The molecule has 1 aliphatic rings. The maximum atomic E-state index is 4.13. The van der Waals surface area contributed by atoms with E-state index in [9.17, 15) is 0 Å². The molecule has 78 valence electrons. The van der Waals surface area contributed by atoms with Crippen LogP contribution in [-0.2, 0) is 7.05 Å². The first-order valence-electron chi connectivity index (χ1n) is 5.15. The molecule has 0 radical (unpaired) electrons. The largest absolute Gasteiger partial charge is 0.382 e. The van der Waals surface area contributed by atoms with Crippen LogP contribution in [0.3, 0.4) is 0 Å². The lowest BCUT2D eigenvalue weighted by molar-refractivity contribution is 0.549. The molecule has 1 N–H and O–H groups in total. The third-order valence-electron chi connectivity index (χ3n) is 2.55. The van der Waals surface area contributed by atoms with Crippen molar-refractivity contribution >= 4 is 17.4 Å². The van der Waals surface area contributed by atoms with Crippen LogP contribution in [0.5, 0.6) is 0 Å². The van der Waals surface area contributed by atoms with E-state index in [4.69, 9.17) is 0 Å². The number of nitrogens with one attached hydrogen (secondary N) is 1. The fourth-order valence-corrected chi connectivity index (χ4v) is 2.90. The predicted molar refractivity (Wildman–Crippen MR) is 61.7 cm³/mol. The lowest BCUT2D eigenvalue weighted by Crippen LogP contribution is -2.19. The highest BCUT2D eigenvalue weighted by atomic mass is 32.2. The van der Waals surface area contributed by atoms with Gasteiger partial charge in [-0.3, -0.25) is 4.68 Å². The van der Waals surface area contributed by atoms with Crippen molar-refractivity contribution in [3.05, 3.63) is 12.4 Å². The zero-order chi connectivity index (χ0) is 9.80. The van der Waals surface area contributed by atoms with Crippen molar-refractivity contribution in [2.24, 2.45) is 13.0 Å². The van der Waals surface area contributed by atoms with Crippen LogP contribution in [0.1, 0.15) is 12.8 Å². The molecule has 0 saturated carbocycles. The van der Waals surface area contributed by atoms with Crippen molar-refractivity contribution in [3.8, 4) is 0 Å². The predicted octanol–water partition coefficient (Wildman–Crippen LogP) is 1.98. The molecule has 1 unspecified atom stereocenters. The van der Waals surface area contributed by atoms with Crippen molar-refractivity contribution in [1.29, 1.82) is 0 Å². The quantitative estimate of drug-likeness (QED) is 0.829. The van der Waals surface area contributed by atoms with Crippen LogP contribution in [0.4, 0.5) is 5.69 Å². The van der Waals surface area contributed by atoms with Crippen LogP contribution in [0.2, 0.25) is 0 Å². The van der Waals surface area contributed by atoms with Crippen molar-refractivity contribution in [2.45, 2.75) is 12.8 Å². The standard InChI is InChI=1S/C10H17N3S/c1-13-7-10(6-12-13)11-5-9-3-2-4-14-8-9/h6-7,9,11H,2-5,8H2,1H3. The number of thioether (sulfide) groups is 1. The summed E-state index contributed by atoms with van der Waals surface area (Å²) in [5.74, 6) is 3.50. The Kier molecular flexibility index (Phi) is 3.35. The zero-order valence-electron chi connectivity index (χ0n) is 8.57. The SMILES string of the molecule is Cn1cc(NCC2CCCSC2)cn1. The van der Waals surface area contributed by atoms with E-state index in [-0.39, 0.29) is 0 Å². The van der Waals surface area contributed by atoms with Gasteiger partial charge in [0.25, 0.3) is 0 Å². The maximum absolute atomic E-state index is 4.13. The van der Waals surface area contributed by atoms with Gasteiger partial charge in [0.15, 0.2) is 0 Å². The summed E-state index contributed by atoms with van der Waals surface area (Å²) in [6.45, 7) is 1.10. The summed E-state index contributed by atoms with van der Waals surface area (Å²) in [5, 5.41) is 7.57. The van der Waals surface area contributed by atoms with E-state index in [2.05, 4.69) is 22.2 Å². The van der Waals surface area contributed by atoms with Gasteiger partial charge >= 0.3 is 0 Å². The normalized spacial score (nSPS) is 22.2. The summed E-state index contributed by atoms with van der Waals surface area (Å²) in [7, 11) is 1.95. The maximum Gasteiger partial charge on any atom is 0.0726 e. The van der Waals surface area contributed by atoms with E-state index in [1.54, 1.807) is 0 Å². The number of rotatable bonds is 3. The van der Waals surface area contributed by atoms with Crippen LogP contribution < -0.4 is 5.32 Å². The Labute approximate surface area is 89.3 Å². The van der Waals surface area contributed by atoms with Crippen LogP contribution in [0, 0.1) is 5.92 Å². The first-order valence-corrected chi connectivity index (χ1v) is 6.30. The molecule has 1 aromatic heterocycles. The van der Waals surface area contributed by atoms with Gasteiger partial charge in [-0.15, -0.1) is 0 Å². The van der Waals surface area contributed by atoms with Crippen molar-refractivity contribution < 1.29 is 0 Å². The first kappa shape index (κ1) is 9.90. The van der Waals surface area contributed by atoms with Gasteiger partial charge in [-0.1, -0.05) is 0 Å². The van der Waals surface area contributed by atoms with E-state index < -0.39 is 0 Å². The monoisotopic (exact) mass is 211 g/mol. The highest BCUT2D eigenvalue weighted by Gasteiger charge is 2.13. The number of aromatic nitrogens is 2. The highest BCUT2D eigenvalue weighted by Crippen LogP contribution is 2.22. The second-order valence-corrected chi connectivity index (χ2v) is 5.02. The van der Waals surface area contributed by atoms with E-state index in [0.29, 0.717) is 0 Å². The van der Waals surface area contributed by atoms with Gasteiger partial charge in [-0.05, 0) is 30.3 Å². The Bertz CT molecular complexity index is 279. The summed E-state index contributed by atoms with van der Waals surface area (Å²) in [4.78, 5) is 0. The minimum absolute atomic E-state index is 0.842. The van der Waals surface area contributed by atoms with Gasteiger partial charge in [-0.25, -0.2) is 0 Å². The van der Waals surface area contributed by atoms with Crippen LogP contribution >= 0.6 is 11.8 Å². The second-order valence-electron chi connectivity index (χ2n) is 3.87. The molecule has 2 rings (SSSR count). The van der Waals surface area contributed by atoms with Gasteiger partial charge < -0.3 is 5.32 Å². The van der Waals surface area contributed by atoms with Crippen LogP contribution in [0.25, 0.3) is 0 Å². The smallest absolute Gasteiger partial charge is 0.0726 e. The van der Waals surface area contributed by atoms with Crippen molar-refractivity contribution in [2.75, 3.05) is 23.4 Å². The highest BCUT2D eigenvalue weighted by molar-refractivity contribution is 7.99.